The number of ether oxygens (including phenoxy) is 1. The Bertz CT molecular complexity index is 233. The van der Waals surface area contributed by atoms with Crippen LogP contribution in [0.3, 0.4) is 0 Å². The number of hydrogen-bond acceptors (Lipinski definition) is 4. The van der Waals surface area contributed by atoms with Crippen molar-refractivity contribution in [2.75, 3.05) is 19.7 Å². The van der Waals surface area contributed by atoms with Gasteiger partial charge in [-0.2, -0.15) is 0 Å². The van der Waals surface area contributed by atoms with E-state index in [9.17, 15) is 4.79 Å². The molecule has 86 valence electrons. The fourth-order valence-corrected chi connectivity index (χ4v) is 2.59. The average molecular weight is 212 g/mol. The Morgan fingerprint density at radius 1 is 1.33 bits per heavy atom. The molecule has 0 aromatic heterocycles. The van der Waals surface area contributed by atoms with E-state index >= 15 is 0 Å². The summed E-state index contributed by atoms with van der Waals surface area (Å²) in [6.45, 7) is 2.01. The Balaban J connectivity index is 1.92. The second-order valence-corrected chi connectivity index (χ2v) is 4.63. The van der Waals surface area contributed by atoms with Gasteiger partial charge in [0.2, 0.25) is 0 Å². The molecule has 1 saturated carbocycles. The van der Waals surface area contributed by atoms with Crippen LogP contribution in [0.25, 0.3) is 0 Å². The van der Waals surface area contributed by atoms with Gasteiger partial charge in [-0.15, -0.1) is 0 Å². The Morgan fingerprint density at radius 3 is 3.00 bits per heavy atom. The zero-order chi connectivity index (χ0) is 10.7. The van der Waals surface area contributed by atoms with Crippen LogP contribution in [0.1, 0.15) is 32.1 Å². The first kappa shape index (κ1) is 10.9. The lowest BCUT2D eigenvalue weighted by Gasteiger charge is -2.34. The summed E-state index contributed by atoms with van der Waals surface area (Å²) in [5.74, 6) is -0.0772. The van der Waals surface area contributed by atoms with Crippen LogP contribution in [-0.4, -0.2) is 42.6 Å². The van der Waals surface area contributed by atoms with E-state index in [4.69, 9.17) is 10.5 Å². The van der Waals surface area contributed by atoms with Gasteiger partial charge in [0.05, 0.1) is 13.2 Å². The van der Waals surface area contributed by atoms with E-state index in [2.05, 4.69) is 4.90 Å². The summed E-state index contributed by atoms with van der Waals surface area (Å²) in [5.41, 5.74) is 5.96. The molecule has 2 rings (SSSR count). The van der Waals surface area contributed by atoms with Crippen LogP contribution in [0.2, 0.25) is 0 Å². The molecule has 4 heteroatoms. The third-order valence-electron chi connectivity index (χ3n) is 3.39. The number of nitrogens with two attached hydrogens (primary N) is 1. The van der Waals surface area contributed by atoms with Gasteiger partial charge in [-0.3, -0.25) is 9.69 Å². The Labute approximate surface area is 90.8 Å². The minimum Gasteiger partial charge on any atom is -0.465 e. The average Bonchev–Trinajstić information content (AvgIpc) is 2.43. The van der Waals surface area contributed by atoms with Gasteiger partial charge in [0.1, 0.15) is 0 Å². The van der Waals surface area contributed by atoms with E-state index in [0.29, 0.717) is 25.2 Å². The van der Waals surface area contributed by atoms with Crippen molar-refractivity contribution in [3.63, 3.8) is 0 Å². The molecule has 1 aliphatic heterocycles. The van der Waals surface area contributed by atoms with Crippen LogP contribution in [-0.2, 0) is 9.53 Å². The minimum atomic E-state index is -0.0772. The molecule has 0 radical (unpaired) electrons. The van der Waals surface area contributed by atoms with Crippen LogP contribution in [0, 0.1) is 0 Å². The van der Waals surface area contributed by atoms with Crippen molar-refractivity contribution in [3.05, 3.63) is 0 Å². The van der Waals surface area contributed by atoms with Gasteiger partial charge in [-0.25, -0.2) is 0 Å². The van der Waals surface area contributed by atoms with Gasteiger partial charge >= 0.3 is 5.97 Å². The highest BCUT2D eigenvalue weighted by molar-refractivity contribution is 5.71. The summed E-state index contributed by atoms with van der Waals surface area (Å²) < 4.78 is 5.04. The van der Waals surface area contributed by atoms with Gasteiger partial charge in [0.25, 0.3) is 0 Å². The standard InChI is InChI=1S/C11H20N2O2/c12-9-3-1-4-10(7-9)13-5-2-6-15-11(14)8-13/h9-10H,1-8,12H2. The van der Waals surface area contributed by atoms with Crippen molar-refractivity contribution < 1.29 is 9.53 Å². The van der Waals surface area contributed by atoms with Crippen LogP contribution in [0.5, 0.6) is 0 Å². The first-order valence-corrected chi connectivity index (χ1v) is 5.91. The zero-order valence-corrected chi connectivity index (χ0v) is 9.15. The quantitative estimate of drug-likeness (QED) is 0.643. The molecule has 0 bridgehead atoms. The second-order valence-electron chi connectivity index (χ2n) is 4.63. The minimum absolute atomic E-state index is 0.0772. The maximum absolute atomic E-state index is 11.3. The molecule has 1 heterocycles. The highest BCUT2D eigenvalue weighted by atomic mass is 16.5. The van der Waals surface area contributed by atoms with Gasteiger partial charge in [0.15, 0.2) is 0 Å². The number of carbonyl (C=O) groups is 1. The largest absolute Gasteiger partial charge is 0.465 e. The Morgan fingerprint density at radius 2 is 2.20 bits per heavy atom. The fourth-order valence-electron chi connectivity index (χ4n) is 2.59. The maximum atomic E-state index is 11.3. The fraction of sp³-hybridized carbons (Fsp3) is 0.909. The van der Waals surface area contributed by atoms with Gasteiger partial charge < -0.3 is 10.5 Å². The molecule has 2 atom stereocenters. The van der Waals surface area contributed by atoms with Gasteiger partial charge in [-0.1, -0.05) is 6.42 Å². The SMILES string of the molecule is NC1CCCC(N2CCCOC(=O)C2)C1. The van der Waals surface area contributed by atoms with Crippen molar-refractivity contribution in [1.82, 2.24) is 4.90 Å². The molecule has 2 aliphatic rings. The monoisotopic (exact) mass is 212 g/mol. The lowest BCUT2D eigenvalue weighted by atomic mass is 9.90. The van der Waals surface area contributed by atoms with Crippen molar-refractivity contribution in [3.8, 4) is 0 Å². The number of carbonyl (C=O) groups excluding carboxylic acids is 1. The zero-order valence-electron chi connectivity index (χ0n) is 9.15. The molecule has 0 amide bonds. The summed E-state index contributed by atoms with van der Waals surface area (Å²) in [6, 6.07) is 0.822. The van der Waals surface area contributed by atoms with Gasteiger partial charge in [-0.05, 0) is 25.7 Å². The predicted molar refractivity (Wildman–Crippen MR) is 57.4 cm³/mol. The first-order chi connectivity index (χ1) is 7.25. The molecule has 2 fully saturated rings. The van der Waals surface area contributed by atoms with Crippen molar-refractivity contribution in [2.45, 2.75) is 44.2 Å². The molecule has 0 spiro atoms. The number of nitrogens with zero attached hydrogens (tertiary/aromatic N) is 1. The third kappa shape index (κ3) is 2.92. The molecule has 1 aliphatic carbocycles. The topological polar surface area (TPSA) is 55.6 Å². The Hall–Kier alpha value is -0.610. The molecule has 0 aromatic carbocycles. The van der Waals surface area contributed by atoms with E-state index < -0.39 is 0 Å². The number of hydrogen-bond donors (Lipinski definition) is 1. The number of cyclic esters (lactones) is 1. The number of rotatable bonds is 1. The summed E-state index contributed by atoms with van der Waals surface area (Å²) >= 11 is 0. The maximum Gasteiger partial charge on any atom is 0.320 e. The van der Waals surface area contributed by atoms with Gasteiger partial charge in [0, 0.05) is 18.6 Å². The van der Waals surface area contributed by atoms with Crippen LogP contribution < -0.4 is 5.73 Å². The van der Waals surface area contributed by atoms with E-state index in [1.54, 1.807) is 0 Å². The van der Waals surface area contributed by atoms with Crippen molar-refractivity contribution in [2.24, 2.45) is 5.73 Å². The molecule has 2 N–H and O–H groups in total. The molecule has 4 nitrogen and oxygen atoms in total. The lowest BCUT2D eigenvalue weighted by molar-refractivity contribution is -0.143. The first-order valence-electron chi connectivity index (χ1n) is 5.91. The molecular formula is C11H20N2O2. The van der Waals surface area contributed by atoms with E-state index in [1.807, 2.05) is 0 Å². The van der Waals surface area contributed by atoms with Crippen molar-refractivity contribution >= 4 is 5.97 Å². The van der Waals surface area contributed by atoms with Crippen LogP contribution >= 0.6 is 0 Å². The van der Waals surface area contributed by atoms with Crippen LogP contribution in [0.4, 0.5) is 0 Å². The van der Waals surface area contributed by atoms with E-state index in [-0.39, 0.29) is 5.97 Å². The summed E-state index contributed by atoms with van der Waals surface area (Å²) in [5, 5.41) is 0. The summed E-state index contributed by atoms with van der Waals surface area (Å²) in [4.78, 5) is 13.6. The predicted octanol–water partition coefficient (Wildman–Crippen LogP) is 0.505. The lowest BCUT2D eigenvalue weighted by Crippen LogP contribution is -2.44. The highest BCUT2D eigenvalue weighted by Gasteiger charge is 2.27. The third-order valence-corrected chi connectivity index (χ3v) is 3.39. The van der Waals surface area contributed by atoms with E-state index in [0.717, 1.165) is 25.8 Å². The smallest absolute Gasteiger partial charge is 0.320 e. The normalized spacial score (nSPS) is 34.6. The summed E-state index contributed by atoms with van der Waals surface area (Å²) in [7, 11) is 0. The molecule has 0 aromatic rings. The molecule has 15 heavy (non-hydrogen) atoms. The molecular weight excluding hydrogens is 192 g/mol. The highest BCUT2D eigenvalue weighted by Crippen LogP contribution is 2.22. The van der Waals surface area contributed by atoms with E-state index in [1.165, 1.54) is 12.8 Å². The summed E-state index contributed by atoms with van der Waals surface area (Å²) in [6.07, 6.45) is 5.50. The van der Waals surface area contributed by atoms with Crippen LogP contribution in [0.15, 0.2) is 0 Å². The second kappa shape index (κ2) is 4.94. The molecule has 2 unspecified atom stereocenters. The molecule has 1 saturated heterocycles. The number of esters is 1. The Kier molecular flexibility index (Phi) is 3.59. The van der Waals surface area contributed by atoms with Crippen molar-refractivity contribution in [1.29, 1.82) is 0 Å².